The fourth-order valence-corrected chi connectivity index (χ4v) is 3.59. The molecule has 2 fully saturated rings. The standard InChI is InChI=1S/C16H25N3O2/c1-3-17-15(14-4-7-18-12(2)19-14)13-5-8-21-16(10-13)6-9-20-11-16/h4,7,13,15,17H,3,5-6,8-11H2,1-2H3. The maximum absolute atomic E-state index is 6.06. The molecule has 1 aromatic heterocycles. The van der Waals surface area contributed by atoms with E-state index < -0.39 is 0 Å². The van der Waals surface area contributed by atoms with Crippen molar-refractivity contribution in [3.05, 3.63) is 23.8 Å². The molecule has 2 aliphatic rings. The lowest BCUT2D eigenvalue weighted by Gasteiger charge is -2.40. The molecular formula is C16H25N3O2. The zero-order valence-electron chi connectivity index (χ0n) is 13.0. The van der Waals surface area contributed by atoms with Crippen molar-refractivity contribution >= 4 is 0 Å². The molecule has 0 bridgehead atoms. The molecule has 0 saturated carbocycles. The summed E-state index contributed by atoms with van der Waals surface area (Å²) in [6, 6.07) is 2.31. The Morgan fingerprint density at radius 3 is 3.10 bits per heavy atom. The first-order chi connectivity index (χ1) is 10.2. The van der Waals surface area contributed by atoms with Crippen molar-refractivity contribution in [3.8, 4) is 0 Å². The molecule has 3 unspecified atom stereocenters. The van der Waals surface area contributed by atoms with E-state index >= 15 is 0 Å². The SMILES string of the molecule is CCNC(c1ccnc(C)n1)C1CCOC2(CCOC2)C1. The lowest BCUT2D eigenvalue weighted by atomic mass is 9.80. The van der Waals surface area contributed by atoms with Crippen LogP contribution in [0.4, 0.5) is 0 Å². The third-order valence-corrected chi connectivity index (χ3v) is 4.61. The molecule has 21 heavy (non-hydrogen) atoms. The summed E-state index contributed by atoms with van der Waals surface area (Å²) in [4.78, 5) is 8.85. The number of hydrogen-bond acceptors (Lipinski definition) is 5. The molecule has 0 amide bonds. The average molecular weight is 291 g/mol. The van der Waals surface area contributed by atoms with Crippen LogP contribution < -0.4 is 5.32 Å². The fraction of sp³-hybridized carbons (Fsp3) is 0.750. The number of rotatable bonds is 4. The Bertz CT molecular complexity index is 474. The van der Waals surface area contributed by atoms with Gasteiger partial charge in [-0.05, 0) is 38.3 Å². The highest BCUT2D eigenvalue weighted by Crippen LogP contribution is 2.40. The van der Waals surface area contributed by atoms with E-state index in [1.54, 1.807) is 0 Å². The van der Waals surface area contributed by atoms with Crippen LogP contribution in [0.2, 0.25) is 0 Å². The summed E-state index contributed by atoms with van der Waals surface area (Å²) in [7, 11) is 0. The molecule has 0 aliphatic carbocycles. The Kier molecular flexibility index (Phi) is 4.52. The van der Waals surface area contributed by atoms with Crippen LogP contribution >= 0.6 is 0 Å². The Morgan fingerprint density at radius 1 is 1.48 bits per heavy atom. The zero-order valence-corrected chi connectivity index (χ0v) is 13.0. The number of nitrogens with zero attached hydrogens (tertiary/aromatic N) is 2. The van der Waals surface area contributed by atoms with E-state index in [0.29, 0.717) is 5.92 Å². The van der Waals surface area contributed by atoms with Crippen LogP contribution in [0, 0.1) is 12.8 Å². The summed E-state index contributed by atoms with van der Waals surface area (Å²) in [5.41, 5.74) is 1.05. The van der Waals surface area contributed by atoms with Crippen LogP contribution in [0.5, 0.6) is 0 Å². The van der Waals surface area contributed by atoms with Crippen LogP contribution in [-0.4, -0.2) is 41.9 Å². The van der Waals surface area contributed by atoms with Gasteiger partial charge in [0.25, 0.3) is 0 Å². The van der Waals surface area contributed by atoms with Crippen molar-refractivity contribution in [2.45, 2.75) is 44.8 Å². The van der Waals surface area contributed by atoms with E-state index in [-0.39, 0.29) is 11.6 Å². The molecule has 1 spiro atoms. The monoisotopic (exact) mass is 291 g/mol. The average Bonchev–Trinajstić information content (AvgIpc) is 2.92. The first kappa shape index (κ1) is 14.9. The maximum atomic E-state index is 6.06. The van der Waals surface area contributed by atoms with Crippen LogP contribution in [0.1, 0.15) is 43.7 Å². The lowest BCUT2D eigenvalue weighted by molar-refractivity contribution is -0.103. The molecule has 2 aliphatic heterocycles. The lowest BCUT2D eigenvalue weighted by Crippen LogP contribution is -2.44. The minimum absolute atomic E-state index is 0.0569. The molecule has 3 atom stereocenters. The molecule has 0 aromatic carbocycles. The van der Waals surface area contributed by atoms with Crippen LogP contribution in [0.25, 0.3) is 0 Å². The quantitative estimate of drug-likeness (QED) is 0.920. The number of ether oxygens (including phenoxy) is 2. The number of hydrogen-bond donors (Lipinski definition) is 1. The molecule has 3 rings (SSSR count). The molecule has 1 aromatic rings. The molecule has 116 valence electrons. The highest BCUT2D eigenvalue weighted by Gasteiger charge is 2.43. The van der Waals surface area contributed by atoms with Crippen LogP contribution in [0.15, 0.2) is 12.3 Å². The molecule has 3 heterocycles. The Morgan fingerprint density at radius 2 is 2.38 bits per heavy atom. The highest BCUT2D eigenvalue weighted by atomic mass is 16.6. The summed E-state index contributed by atoms with van der Waals surface area (Å²) >= 11 is 0. The van der Waals surface area contributed by atoms with E-state index in [9.17, 15) is 0 Å². The van der Waals surface area contributed by atoms with Crippen molar-refractivity contribution in [1.29, 1.82) is 0 Å². The summed E-state index contributed by atoms with van der Waals surface area (Å²) in [6.45, 7) is 7.42. The van der Waals surface area contributed by atoms with Crippen LogP contribution in [0.3, 0.4) is 0 Å². The minimum Gasteiger partial charge on any atom is -0.378 e. The first-order valence-electron chi connectivity index (χ1n) is 7.97. The number of aryl methyl sites for hydroxylation is 1. The molecule has 0 radical (unpaired) electrons. The van der Waals surface area contributed by atoms with Gasteiger partial charge in [0.15, 0.2) is 0 Å². The molecular weight excluding hydrogens is 266 g/mol. The second kappa shape index (κ2) is 6.38. The molecule has 5 nitrogen and oxygen atoms in total. The second-order valence-corrected chi connectivity index (χ2v) is 6.15. The van der Waals surface area contributed by atoms with E-state index in [0.717, 1.165) is 57.1 Å². The van der Waals surface area contributed by atoms with Crippen molar-refractivity contribution in [1.82, 2.24) is 15.3 Å². The van der Waals surface area contributed by atoms with Gasteiger partial charge >= 0.3 is 0 Å². The van der Waals surface area contributed by atoms with Crippen molar-refractivity contribution < 1.29 is 9.47 Å². The third kappa shape index (κ3) is 3.25. The fourth-order valence-electron chi connectivity index (χ4n) is 3.59. The van der Waals surface area contributed by atoms with E-state index in [2.05, 4.69) is 22.2 Å². The summed E-state index contributed by atoms with van der Waals surface area (Å²) < 4.78 is 11.6. The molecule has 2 saturated heterocycles. The van der Waals surface area contributed by atoms with Gasteiger partial charge in [0.2, 0.25) is 0 Å². The Hall–Kier alpha value is -1.04. The molecule has 1 N–H and O–H groups in total. The van der Waals surface area contributed by atoms with Gasteiger partial charge in [0.1, 0.15) is 5.82 Å². The number of aromatic nitrogens is 2. The van der Waals surface area contributed by atoms with Crippen molar-refractivity contribution in [2.24, 2.45) is 5.92 Å². The third-order valence-electron chi connectivity index (χ3n) is 4.61. The summed E-state index contributed by atoms with van der Waals surface area (Å²) in [5.74, 6) is 1.37. The highest BCUT2D eigenvalue weighted by molar-refractivity contribution is 5.10. The number of nitrogens with one attached hydrogen (secondary N) is 1. The smallest absolute Gasteiger partial charge is 0.125 e. The first-order valence-corrected chi connectivity index (χ1v) is 7.97. The summed E-state index contributed by atoms with van der Waals surface area (Å²) in [6.07, 6.45) is 5.00. The van der Waals surface area contributed by atoms with Gasteiger partial charge in [-0.1, -0.05) is 6.92 Å². The minimum atomic E-state index is -0.0569. The Labute approximate surface area is 126 Å². The predicted molar refractivity (Wildman–Crippen MR) is 80.0 cm³/mol. The summed E-state index contributed by atoms with van der Waals surface area (Å²) in [5, 5.41) is 3.62. The molecule has 5 heteroatoms. The zero-order chi connectivity index (χ0) is 14.7. The van der Waals surface area contributed by atoms with Gasteiger partial charge in [-0.2, -0.15) is 0 Å². The predicted octanol–water partition coefficient (Wildman–Crippen LogP) is 2.02. The van der Waals surface area contributed by atoms with Crippen molar-refractivity contribution in [2.75, 3.05) is 26.4 Å². The topological polar surface area (TPSA) is 56.3 Å². The van der Waals surface area contributed by atoms with Gasteiger partial charge in [-0.15, -0.1) is 0 Å². The van der Waals surface area contributed by atoms with Gasteiger partial charge in [0, 0.05) is 25.8 Å². The van der Waals surface area contributed by atoms with Gasteiger partial charge < -0.3 is 14.8 Å². The Balaban J connectivity index is 1.80. The van der Waals surface area contributed by atoms with E-state index in [4.69, 9.17) is 9.47 Å². The van der Waals surface area contributed by atoms with E-state index in [1.165, 1.54) is 0 Å². The maximum Gasteiger partial charge on any atom is 0.125 e. The van der Waals surface area contributed by atoms with Gasteiger partial charge in [-0.3, -0.25) is 0 Å². The largest absolute Gasteiger partial charge is 0.378 e. The van der Waals surface area contributed by atoms with Crippen LogP contribution in [-0.2, 0) is 9.47 Å². The second-order valence-electron chi connectivity index (χ2n) is 6.15. The van der Waals surface area contributed by atoms with Gasteiger partial charge in [0.05, 0.1) is 23.9 Å². The normalized spacial score (nSPS) is 30.7. The van der Waals surface area contributed by atoms with Crippen molar-refractivity contribution in [3.63, 3.8) is 0 Å². The van der Waals surface area contributed by atoms with E-state index in [1.807, 2.05) is 19.2 Å². The van der Waals surface area contributed by atoms with Gasteiger partial charge in [-0.25, -0.2) is 9.97 Å².